The monoisotopic (exact) mass is 268 g/mol. The highest BCUT2D eigenvalue weighted by atomic mass is 16.3. The van der Waals surface area contributed by atoms with Gasteiger partial charge in [-0.3, -0.25) is 0 Å². The van der Waals surface area contributed by atoms with Gasteiger partial charge in [0, 0.05) is 6.61 Å². The van der Waals surface area contributed by atoms with Crippen molar-refractivity contribution in [3.8, 4) is 0 Å². The molecule has 1 fully saturated rings. The van der Waals surface area contributed by atoms with Crippen molar-refractivity contribution in [2.75, 3.05) is 6.61 Å². The van der Waals surface area contributed by atoms with Crippen LogP contribution in [0.4, 0.5) is 0 Å². The number of hydrogen-bond donors (Lipinski definition) is 1. The maximum Gasteiger partial charge on any atom is 0.0462 e. The van der Waals surface area contributed by atoms with E-state index in [1.54, 1.807) is 0 Å². The van der Waals surface area contributed by atoms with Gasteiger partial charge in [-0.1, -0.05) is 72.1 Å². The van der Waals surface area contributed by atoms with Crippen LogP contribution in [0, 0.1) is 17.3 Å². The number of unbranched alkanes of at least 4 members (excludes halogenated alkanes) is 6. The highest BCUT2D eigenvalue weighted by Crippen LogP contribution is 2.43. The molecule has 0 bridgehead atoms. The van der Waals surface area contributed by atoms with Gasteiger partial charge < -0.3 is 5.11 Å². The van der Waals surface area contributed by atoms with Crippen LogP contribution in [0.3, 0.4) is 0 Å². The van der Waals surface area contributed by atoms with Crippen molar-refractivity contribution in [3.63, 3.8) is 0 Å². The lowest BCUT2D eigenvalue weighted by Crippen LogP contribution is -2.32. The van der Waals surface area contributed by atoms with E-state index in [-0.39, 0.29) is 0 Å². The first kappa shape index (κ1) is 17.0. The smallest absolute Gasteiger partial charge is 0.0462 e. The van der Waals surface area contributed by atoms with Crippen molar-refractivity contribution < 1.29 is 5.11 Å². The van der Waals surface area contributed by atoms with Gasteiger partial charge in [0.05, 0.1) is 0 Å². The first-order chi connectivity index (χ1) is 9.09. The number of hydrogen-bond acceptors (Lipinski definition) is 1. The zero-order chi connectivity index (χ0) is 14.1. The van der Waals surface area contributed by atoms with Gasteiger partial charge in [-0.05, 0) is 36.5 Å². The lowest BCUT2D eigenvalue weighted by atomic mass is 9.66. The molecule has 0 heterocycles. The Bertz CT molecular complexity index is 222. The van der Waals surface area contributed by atoms with Crippen LogP contribution < -0.4 is 0 Å². The van der Waals surface area contributed by atoms with Gasteiger partial charge in [-0.15, -0.1) is 0 Å². The van der Waals surface area contributed by atoms with Crippen LogP contribution in [0.1, 0.15) is 91.4 Å². The van der Waals surface area contributed by atoms with Gasteiger partial charge in [0.15, 0.2) is 0 Å². The van der Waals surface area contributed by atoms with E-state index < -0.39 is 0 Å². The van der Waals surface area contributed by atoms with Crippen LogP contribution in [-0.2, 0) is 0 Å². The summed E-state index contributed by atoms with van der Waals surface area (Å²) < 4.78 is 0. The van der Waals surface area contributed by atoms with Gasteiger partial charge in [0.25, 0.3) is 0 Å². The molecule has 0 aliphatic heterocycles. The van der Waals surface area contributed by atoms with E-state index in [2.05, 4.69) is 20.8 Å². The van der Waals surface area contributed by atoms with Crippen LogP contribution in [0.15, 0.2) is 0 Å². The zero-order valence-electron chi connectivity index (χ0n) is 13.6. The molecule has 1 aliphatic carbocycles. The molecule has 0 radical (unpaired) electrons. The molecule has 0 aromatic rings. The third kappa shape index (κ3) is 6.79. The summed E-state index contributed by atoms with van der Waals surface area (Å²) in [6.45, 7) is 7.41. The first-order valence-electron chi connectivity index (χ1n) is 8.70. The predicted molar refractivity (Wildman–Crippen MR) is 84.3 cm³/mol. The van der Waals surface area contributed by atoms with E-state index in [4.69, 9.17) is 0 Å². The molecule has 1 aliphatic rings. The van der Waals surface area contributed by atoms with Crippen molar-refractivity contribution in [1.82, 2.24) is 0 Å². The van der Waals surface area contributed by atoms with E-state index in [1.165, 1.54) is 70.6 Å². The molecule has 19 heavy (non-hydrogen) atoms. The average molecular weight is 268 g/mol. The van der Waals surface area contributed by atoms with E-state index in [0.717, 1.165) is 5.92 Å². The van der Waals surface area contributed by atoms with Crippen molar-refractivity contribution in [2.24, 2.45) is 17.3 Å². The molecule has 2 unspecified atom stereocenters. The summed E-state index contributed by atoms with van der Waals surface area (Å²) in [7, 11) is 0. The Labute approximate surface area is 121 Å². The highest BCUT2D eigenvalue weighted by Gasteiger charge is 2.33. The first-order valence-corrected chi connectivity index (χ1v) is 8.70. The van der Waals surface area contributed by atoms with Crippen molar-refractivity contribution in [2.45, 2.75) is 91.4 Å². The Kier molecular flexibility index (Phi) is 8.06. The molecule has 1 N–H and O–H groups in total. The third-order valence-corrected chi connectivity index (χ3v) is 5.09. The number of rotatable bonds is 9. The maximum absolute atomic E-state index is 9.59. The summed E-state index contributed by atoms with van der Waals surface area (Å²) in [5.74, 6) is 1.37. The lowest BCUT2D eigenvalue weighted by molar-refractivity contribution is 0.0626. The highest BCUT2D eigenvalue weighted by molar-refractivity contribution is 4.84. The topological polar surface area (TPSA) is 20.2 Å². The molecule has 0 saturated heterocycles. The Morgan fingerprint density at radius 3 is 2.21 bits per heavy atom. The van der Waals surface area contributed by atoms with Crippen LogP contribution in [-0.4, -0.2) is 11.7 Å². The second-order valence-corrected chi connectivity index (χ2v) is 7.52. The quantitative estimate of drug-likeness (QED) is 0.543. The van der Waals surface area contributed by atoms with Crippen LogP contribution >= 0.6 is 0 Å². The zero-order valence-corrected chi connectivity index (χ0v) is 13.6. The van der Waals surface area contributed by atoms with Gasteiger partial charge in [-0.2, -0.15) is 0 Å². The minimum Gasteiger partial charge on any atom is -0.396 e. The van der Waals surface area contributed by atoms with E-state index in [1.807, 2.05) is 0 Å². The fraction of sp³-hybridized carbons (Fsp3) is 1.00. The SMILES string of the molecule is CCCCCCCCCC1CCC(C)(C)CC1CO. The summed E-state index contributed by atoms with van der Waals surface area (Å²) in [4.78, 5) is 0. The van der Waals surface area contributed by atoms with E-state index in [9.17, 15) is 5.11 Å². The predicted octanol–water partition coefficient (Wildman–Crippen LogP) is 5.56. The second-order valence-electron chi connectivity index (χ2n) is 7.52. The molecule has 1 saturated carbocycles. The Morgan fingerprint density at radius 2 is 1.58 bits per heavy atom. The van der Waals surface area contributed by atoms with Gasteiger partial charge in [-0.25, -0.2) is 0 Å². The molecule has 2 atom stereocenters. The van der Waals surface area contributed by atoms with Crippen LogP contribution in [0.25, 0.3) is 0 Å². The Hall–Kier alpha value is -0.0400. The lowest BCUT2D eigenvalue weighted by Gasteiger charge is -2.40. The van der Waals surface area contributed by atoms with Crippen LogP contribution in [0.2, 0.25) is 0 Å². The molecule has 0 spiro atoms. The molecule has 0 amide bonds. The minimum absolute atomic E-state index is 0.407. The van der Waals surface area contributed by atoms with Crippen molar-refractivity contribution in [1.29, 1.82) is 0 Å². The van der Waals surface area contributed by atoms with Gasteiger partial charge in [0.2, 0.25) is 0 Å². The summed E-state index contributed by atoms with van der Waals surface area (Å²) in [6, 6.07) is 0. The fourth-order valence-corrected chi connectivity index (χ4v) is 3.75. The Balaban J connectivity index is 2.11. The number of aliphatic hydroxyl groups is 1. The van der Waals surface area contributed by atoms with Crippen LogP contribution in [0.5, 0.6) is 0 Å². The summed E-state index contributed by atoms with van der Waals surface area (Å²) in [5.41, 5.74) is 0.462. The molecule has 1 rings (SSSR count). The standard InChI is InChI=1S/C18H36O/c1-4-5-6-7-8-9-10-11-16-12-13-18(2,3)14-17(16)15-19/h16-17,19H,4-15H2,1-3H3. The molecular weight excluding hydrogens is 232 g/mol. The summed E-state index contributed by atoms with van der Waals surface area (Å²) in [6.07, 6.45) is 15.1. The summed E-state index contributed by atoms with van der Waals surface area (Å²) in [5, 5.41) is 9.59. The molecule has 0 aromatic carbocycles. The number of aliphatic hydroxyl groups excluding tert-OH is 1. The second kappa shape index (κ2) is 9.00. The third-order valence-electron chi connectivity index (χ3n) is 5.09. The van der Waals surface area contributed by atoms with E-state index in [0.29, 0.717) is 17.9 Å². The maximum atomic E-state index is 9.59. The molecular formula is C18H36O. The van der Waals surface area contributed by atoms with Crippen molar-refractivity contribution >= 4 is 0 Å². The molecule has 114 valence electrons. The average Bonchev–Trinajstić information content (AvgIpc) is 2.38. The van der Waals surface area contributed by atoms with Gasteiger partial charge >= 0.3 is 0 Å². The molecule has 1 nitrogen and oxygen atoms in total. The van der Waals surface area contributed by atoms with Crippen molar-refractivity contribution in [3.05, 3.63) is 0 Å². The molecule has 0 aromatic heterocycles. The van der Waals surface area contributed by atoms with Gasteiger partial charge in [0.1, 0.15) is 0 Å². The fourth-order valence-electron chi connectivity index (χ4n) is 3.75. The normalized spacial score (nSPS) is 26.5. The summed E-state index contributed by atoms with van der Waals surface area (Å²) >= 11 is 0. The minimum atomic E-state index is 0.407. The van der Waals surface area contributed by atoms with E-state index >= 15 is 0 Å². The largest absolute Gasteiger partial charge is 0.396 e. The Morgan fingerprint density at radius 1 is 0.947 bits per heavy atom. The molecule has 1 heteroatoms.